The van der Waals surface area contributed by atoms with E-state index in [9.17, 15) is 0 Å². The molecule has 38 valence electrons. The van der Waals surface area contributed by atoms with Gasteiger partial charge >= 0.3 is 0 Å². The van der Waals surface area contributed by atoms with Crippen molar-refractivity contribution in [3.8, 4) is 6.19 Å². The first-order chi connectivity index (χ1) is 3.91. The Balaban J connectivity index is 3.88. The number of aliphatic imine (C=N–C) groups is 2. The largest absolute Gasteiger partial charge is 0.214 e. The summed E-state index contributed by atoms with van der Waals surface area (Å²) >= 11 is 0. The minimum Gasteiger partial charge on any atom is -0.205 e. The summed E-state index contributed by atoms with van der Waals surface area (Å²) < 4.78 is 0. The number of hydrogen-bond acceptors (Lipinski definition) is 3. The van der Waals surface area contributed by atoms with Crippen LogP contribution in [-0.2, 0) is 0 Å². The van der Waals surface area contributed by atoms with Crippen LogP contribution in [0.3, 0.4) is 0 Å². The predicted molar refractivity (Wildman–Crippen MR) is 30.7 cm³/mol. The molecule has 0 saturated heterocycles. The Kier molecular flexibility index (Phi) is 4.31. The molecular weight excluding hydrogens is 102 g/mol. The maximum atomic E-state index is 7.79. The Hall–Kier alpha value is -1.61. The Bertz CT molecular complexity index is 196. The lowest BCUT2D eigenvalue weighted by molar-refractivity contribution is 1.45. The lowest BCUT2D eigenvalue weighted by Crippen LogP contribution is -1.49. The van der Waals surface area contributed by atoms with Gasteiger partial charge in [-0.1, -0.05) is 0 Å². The summed E-state index contributed by atoms with van der Waals surface area (Å²) in [5, 5.41) is 7.79. The molecule has 0 spiro atoms. The number of hydrogen-bond donors (Lipinski definition) is 0. The summed E-state index contributed by atoms with van der Waals surface area (Å²) in [7, 11) is 0. The van der Waals surface area contributed by atoms with Crippen LogP contribution in [0, 0.1) is 11.5 Å². The molecule has 0 unspecified atom stereocenters. The Morgan fingerprint density at radius 1 is 1.62 bits per heavy atom. The molecule has 0 aliphatic heterocycles. The van der Waals surface area contributed by atoms with Gasteiger partial charge in [-0.15, -0.1) is 4.99 Å². The molecule has 0 aromatic carbocycles. The average molecular weight is 105 g/mol. The Morgan fingerprint density at radius 3 is 2.88 bits per heavy atom. The van der Waals surface area contributed by atoms with Crippen LogP contribution in [0.5, 0.6) is 0 Å². The van der Waals surface area contributed by atoms with Crippen molar-refractivity contribution in [2.75, 3.05) is 0 Å². The van der Waals surface area contributed by atoms with Gasteiger partial charge in [0.2, 0.25) is 6.19 Å². The van der Waals surface area contributed by atoms with Crippen molar-refractivity contribution < 1.29 is 0 Å². The molecule has 0 aromatic heterocycles. The SMILES string of the molecule is C=C=NC=C=NC#N. The summed E-state index contributed by atoms with van der Waals surface area (Å²) in [5.41, 5.74) is 0. The molecule has 0 rings (SSSR count). The van der Waals surface area contributed by atoms with Gasteiger partial charge in [-0.3, -0.25) is 0 Å². The van der Waals surface area contributed by atoms with E-state index in [1.165, 1.54) is 12.4 Å². The number of nitriles is 1. The Morgan fingerprint density at radius 2 is 2.38 bits per heavy atom. The van der Waals surface area contributed by atoms with Crippen molar-refractivity contribution in [3.05, 3.63) is 12.8 Å². The lowest BCUT2D eigenvalue weighted by Gasteiger charge is -1.54. The summed E-state index contributed by atoms with van der Waals surface area (Å²) in [6, 6.07) is 0. The smallest absolute Gasteiger partial charge is 0.205 e. The molecular formula is C5H3N3. The van der Waals surface area contributed by atoms with Gasteiger partial charge in [0, 0.05) is 5.87 Å². The number of nitrogens with zero attached hydrogens (tertiary/aromatic N) is 3. The second-order valence-corrected chi connectivity index (χ2v) is 0.757. The highest BCUT2D eigenvalue weighted by Crippen LogP contribution is 1.57. The van der Waals surface area contributed by atoms with E-state index in [0.717, 1.165) is 0 Å². The van der Waals surface area contributed by atoms with Crippen molar-refractivity contribution in [3.63, 3.8) is 0 Å². The van der Waals surface area contributed by atoms with E-state index < -0.39 is 0 Å². The van der Waals surface area contributed by atoms with Gasteiger partial charge in [-0.25, -0.2) is 4.99 Å². The van der Waals surface area contributed by atoms with Gasteiger partial charge in [0.05, 0.1) is 6.20 Å². The molecule has 8 heavy (non-hydrogen) atoms. The van der Waals surface area contributed by atoms with Crippen LogP contribution in [-0.4, -0.2) is 11.7 Å². The lowest BCUT2D eigenvalue weighted by atomic mass is 10.9. The molecule has 0 heterocycles. The van der Waals surface area contributed by atoms with Crippen molar-refractivity contribution in [1.82, 2.24) is 0 Å². The van der Waals surface area contributed by atoms with Gasteiger partial charge in [-0.2, -0.15) is 5.26 Å². The monoisotopic (exact) mass is 105 g/mol. The van der Waals surface area contributed by atoms with Crippen molar-refractivity contribution in [2.45, 2.75) is 0 Å². The van der Waals surface area contributed by atoms with Gasteiger partial charge in [-0.05, 0) is 12.4 Å². The third-order valence-corrected chi connectivity index (χ3v) is 0.328. The Labute approximate surface area is 47.0 Å². The second-order valence-electron chi connectivity index (χ2n) is 0.757. The third-order valence-electron chi connectivity index (χ3n) is 0.328. The summed E-state index contributed by atoms with van der Waals surface area (Å²) in [6.07, 6.45) is 2.71. The van der Waals surface area contributed by atoms with Gasteiger partial charge in [0.15, 0.2) is 0 Å². The zero-order valence-electron chi connectivity index (χ0n) is 4.13. The highest BCUT2D eigenvalue weighted by molar-refractivity contribution is 5.57. The van der Waals surface area contributed by atoms with Crippen LogP contribution in [0.15, 0.2) is 22.8 Å². The zero-order chi connectivity index (χ0) is 6.24. The minimum atomic E-state index is 1.20. The fraction of sp³-hybridized carbons (Fsp3) is 0. The van der Waals surface area contributed by atoms with E-state index >= 15 is 0 Å². The van der Waals surface area contributed by atoms with Gasteiger partial charge < -0.3 is 0 Å². The zero-order valence-corrected chi connectivity index (χ0v) is 4.13. The topological polar surface area (TPSA) is 48.5 Å². The maximum absolute atomic E-state index is 7.79. The normalized spacial score (nSPS) is 4.88. The maximum Gasteiger partial charge on any atom is 0.214 e. The van der Waals surface area contributed by atoms with Crippen LogP contribution in [0.4, 0.5) is 0 Å². The van der Waals surface area contributed by atoms with E-state index in [1.807, 2.05) is 0 Å². The summed E-state index contributed by atoms with van der Waals surface area (Å²) in [5.74, 6) is 4.42. The van der Waals surface area contributed by atoms with Crippen molar-refractivity contribution in [1.29, 1.82) is 5.26 Å². The van der Waals surface area contributed by atoms with Crippen molar-refractivity contribution in [2.24, 2.45) is 9.98 Å². The first-order valence-corrected chi connectivity index (χ1v) is 1.79. The molecule has 0 aliphatic rings. The molecule has 0 atom stereocenters. The van der Waals surface area contributed by atoms with E-state index in [2.05, 4.69) is 28.3 Å². The van der Waals surface area contributed by atoms with Crippen LogP contribution in [0.25, 0.3) is 0 Å². The molecule has 0 amide bonds. The average Bonchev–Trinajstić information content (AvgIpc) is 1.81. The van der Waals surface area contributed by atoms with Gasteiger partial charge in [0.25, 0.3) is 0 Å². The fourth-order valence-corrected chi connectivity index (χ4v) is 0.132. The minimum absolute atomic E-state index is 1.20. The highest BCUT2D eigenvalue weighted by atomic mass is 14.7. The standard InChI is InChI=1S/C5H3N3/c1-2-7-3-4-8-5-6/h3H,1H2. The van der Waals surface area contributed by atoms with Crippen LogP contribution >= 0.6 is 0 Å². The molecule has 0 aliphatic carbocycles. The molecule has 3 heteroatoms. The first kappa shape index (κ1) is 6.39. The third kappa shape index (κ3) is 4.39. The van der Waals surface area contributed by atoms with Crippen LogP contribution < -0.4 is 0 Å². The quantitative estimate of drug-likeness (QED) is 0.354. The van der Waals surface area contributed by atoms with Crippen LogP contribution in [0.2, 0.25) is 0 Å². The molecule has 0 aromatic rings. The van der Waals surface area contributed by atoms with E-state index in [-0.39, 0.29) is 0 Å². The summed E-state index contributed by atoms with van der Waals surface area (Å²) in [6.45, 7) is 3.17. The van der Waals surface area contributed by atoms with E-state index in [0.29, 0.717) is 0 Å². The summed E-state index contributed by atoms with van der Waals surface area (Å²) in [4.78, 5) is 6.42. The molecule has 0 saturated carbocycles. The molecule has 0 fully saturated rings. The number of rotatable bonds is 1. The fourth-order valence-electron chi connectivity index (χ4n) is 0.132. The molecule has 0 bridgehead atoms. The van der Waals surface area contributed by atoms with E-state index in [1.54, 1.807) is 0 Å². The molecule has 0 radical (unpaired) electrons. The van der Waals surface area contributed by atoms with Crippen LogP contribution in [0.1, 0.15) is 0 Å². The molecule has 3 nitrogen and oxygen atoms in total. The second kappa shape index (κ2) is 5.39. The van der Waals surface area contributed by atoms with E-state index in [4.69, 9.17) is 5.26 Å². The highest BCUT2D eigenvalue weighted by Gasteiger charge is 1.51. The van der Waals surface area contributed by atoms with Crippen molar-refractivity contribution >= 4 is 11.7 Å². The molecule has 0 N–H and O–H groups in total. The first-order valence-electron chi connectivity index (χ1n) is 1.79. The van der Waals surface area contributed by atoms with Gasteiger partial charge in [0.1, 0.15) is 0 Å². The predicted octanol–water partition coefficient (Wildman–Crippen LogP) is 0.507.